The van der Waals surface area contributed by atoms with Crippen LogP contribution in [0.4, 0.5) is 5.69 Å². The molecule has 206 valence electrons. The lowest BCUT2D eigenvalue weighted by molar-refractivity contribution is -0.134. The van der Waals surface area contributed by atoms with Crippen molar-refractivity contribution in [1.82, 2.24) is 24.8 Å². The molecule has 38 heavy (non-hydrogen) atoms. The normalized spacial score (nSPS) is 11.8. The number of hydrogen-bond donors (Lipinski definition) is 3. The summed E-state index contributed by atoms with van der Waals surface area (Å²) in [4.78, 5) is 66.4. The second-order valence-electron chi connectivity index (χ2n) is 8.75. The van der Waals surface area contributed by atoms with Crippen LogP contribution in [0, 0.1) is 5.92 Å². The van der Waals surface area contributed by atoms with E-state index in [-0.39, 0.29) is 36.7 Å². The van der Waals surface area contributed by atoms with Crippen molar-refractivity contribution in [3.8, 4) is 0 Å². The Morgan fingerprint density at radius 1 is 1.18 bits per heavy atom. The van der Waals surface area contributed by atoms with Crippen LogP contribution in [0.5, 0.6) is 0 Å². The average Bonchev–Trinajstić information content (AvgIpc) is 3.34. The topological polar surface area (TPSA) is 153 Å². The molecule has 12 heteroatoms. The van der Waals surface area contributed by atoms with Crippen LogP contribution in [-0.4, -0.2) is 57.5 Å². The predicted octanol–water partition coefficient (Wildman–Crippen LogP) is 1.38. The lowest BCUT2D eigenvalue weighted by Gasteiger charge is -2.18. The van der Waals surface area contributed by atoms with Crippen molar-refractivity contribution in [1.29, 1.82) is 0 Å². The number of methoxy groups -OCH3 is 1. The quantitative estimate of drug-likeness (QED) is 0.247. The Balaban J connectivity index is 2.13. The van der Waals surface area contributed by atoms with Gasteiger partial charge >= 0.3 is 5.97 Å². The molecule has 2 aromatic rings. The Labute approximate surface area is 221 Å². The summed E-state index contributed by atoms with van der Waals surface area (Å²) in [7, 11) is 2.89. The SMILES string of the molecule is CCC(CC)CNC(=O)Cn1cccc(NC(=O)[C@H](CC/C=C\C(=O)OC)NC(=O)c2cncn2C)c1=O. The maximum atomic E-state index is 13.1. The third kappa shape index (κ3) is 9.02. The highest BCUT2D eigenvalue weighted by atomic mass is 16.5. The minimum atomic E-state index is -1.03. The van der Waals surface area contributed by atoms with Crippen LogP contribution in [0.3, 0.4) is 0 Å². The molecule has 0 aromatic carbocycles. The van der Waals surface area contributed by atoms with Crippen molar-refractivity contribution >= 4 is 29.4 Å². The molecule has 12 nitrogen and oxygen atoms in total. The summed E-state index contributed by atoms with van der Waals surface area (Å²) >= 11 is 0. The Kier molecular flexibility index (Phi) is 11.9. The Bertz CT molecular complexity index is 1200. The van der Waals surface area contributed by atoms with Crippen LogP contribution >= 0.6 is 0 Å². The number of nitrogens with one attached hydrogen (secondary N) is 3. The van der Waals surface area contributed by atoms with Gasteiger partial charge in [0.25, 0.3) is 11.5 Å². The molecule has 0 saturated heterocycles. The van der Waals surface area contributed by atoms with Gasteiger partial charge in [-0.15, -0.1) is 0 Å². The van der Waals surface area contributed by atoms with E-state index >= 15 is 0 Å². The van der Waals surface area contributed by atoms with Gasteiger partial charge < -0.3 is 29.8 Å². The highest BCUT2D eigenvalue weighted by Gasteiger charge is 2.23. The van der Waals surface area contributed by atoms with Gasteiger partial charge in [0.1, 0.15) is 24.0 Å². The molecule has 3 amide bonds. The Morgan fingerprint density at radius 3 is 2.55 bits per heavy atom. The van der Waals surface area contributed by atoms with Crippen molar-refractivity contribution in [2.45, 2.75) is 52.1 Å². The first-order chi connectivity index (χ1) is 18.2. The number of aromatic nitrogens is 3. The zero-order valence-electron chi connectivity index (χ0n) is 22.2. The zero-order chi connectivity index (χ0) is 28.1. The van der Waals surface area contributed by atoms with Crippen molar-refractivity contribution in [2.24, 2.45) is 13.0 Å². The summed E-state index contributed by atoms with van der Waals surface area (Å²) in [6.07, 6.45) is 9.33. The predicted molar refractivity (Wildman–Crippen MR) is 141 cm³/mol. The number of esters is 1. The number of carbonyl (C=O) groups excluding carboxylic acids is 4. The van der Waals surface area contributed by atoms with Gasteiger partial charge in [0, 0.05) is 25.9 Å². The maximum Gasteiger partial charge on any atom is 0.330 e. The highest BCUT2D eigenvalue weighted by Crippen LogP contribution is 2.08. The maximum absolute atomic E-state index is 13.1. The van der Waals surface area contributed by atoms with Gasteiger partial charge in [-0.3, -0.25) is 19.2 Å². The standard InChI is InChI=1S/C26H36N6O6/c1-5-18(6-2)14-28-22(33)16-32-13-9-11-20(26(32)37)30-24(35)19(10-7-8-12-23(34)38-4)29-25(36)21-15-27-17-31(21)3/h8-9,11-13,15,17-19H,5-7,10,14,16H2,1-4H3,(H,28,33)(H,29,36)(H,30,35)/b12-8-/t19-/m0/s1. The van der Waals surface area contributed by atoms with Crippen LogP contribution in [-0.2, 0) is 32.7 Å². The number of imidazole rings is 1. The van der Waals surface area contributed by atoms with E-state index in [2.05, 4.69) is 39.5 Å². The number of ether oxygens (including phenoxy) is 1. The van der Waals surface area contributed by atoms with Crippen molar-refractivity contribution in [3.63, 3.8) is 0 Å². The molecule has 0 bridgehead atoms. The first-order valence-corrected chi connectivity index (χ1v) is 12.5. The molecule has 0 saturated carbocycles. The molecular weight excluding hydrogens is 492 g/mol. The van der Waals surface area contributed by atoms with E-state index in [1.807, 2.05) is 0 Å². The monoisotopic (exact) mass is 528 g/mol. The fraction of sp³-hybridized carbons (Fsp3) is 0.462. The summed E-state index contributed by atoms with van der Waals surface area (Å²) in [5.41, 5.74) is -0.342. The molecule has 0 aliphatic heterocycles. The number of anilines is 1. The summed E-state index contributed by atoms with van der Waals surface area (Å²) in [5.74, 6) is -1.64. The average molecular weight is 529 g/mol. The fourth-order valence-corrected chi connectivity index (χ4v) is 3.61. The molecular formula is C26H36N6O6. The van der Waals surface area contributed by atoms with Crippen LogP contribution in [0.15, 0.2) is 47.8 Å². The fourth-order valence-electron chi connectivity index (χ4n) is 3.61. The van der Waals surface area contributed by atoms with E-state index in [0.29, 0.717) is 12.5 Å². The minimum Gasteiger partial charge on any atom is -0.466 e. The highest BCUT2D eigenvalue weighted by molar-refractivity contribution is 6.00. The smallest absolute Gasteiger partial charge is 0.330 e. The Hall–Kier alpha value is -4.22. The van der Waals surface area contributed by atoms with E-state index < -0.39 is 29.4 Å². The van der Waals surface area contributed by atoms with E-state index in [4.69, 9.17) is 0 Å². The van der Waals surface area contributed by atoms with Crippen molar-refractivity contribution in [3.05, 3.63) is 59.1 Å². The van der Waals surface area contributed by atoms with E-state index in [9.17, 15) is 24.0 Å². The lowest BCUT2D eigenvalue weighted by Crippen LogP contribution is -2.45. The number of nitrogens with zero attached hydrogens (tertiary/aromatic N) is 3. The van der Waals surface area contributed by atoms with Gasteiger partial charge in [-0.25, -0.2) is 9.78 Å². The van der Waals surface area contributed by atoms with Gasteiger partial charge in [0.15, 0.2) is 0 Å². The largest absolute Gasteiger partial charge is 0.466 e. The number of amides is 3. The number of rotatable bonds is 14. The molecule has 2 aromatic heterocycles. The summed E-state index contributed by atoms with van der Waals surface area (Å²) in [6, 6.07) is 1.94. The van der Waals surface area contributed by atoms with Crippen LogP contribution < -0.4 is 21.5 Å². The second kappa shape index (κ2) is 15.1. The molecule has 3 N–H and O–H groups in total. The zero-order valence-corrected chi connectivity index (χ0v) is 22.2. The summed E-state index contributed by atoms with van der Waals surface area (Å²) in [6.45, 7) is 4.44. The first kappa shape index (κ1) is 30.0. The molecule has 0 unspecified atom stereocenters. The molecule has 0 radical (unpaired) electrons. The third-order valence-corrected chi connectivity index (χ3v) is 6.08. The first-order valence-electron chi connectivity index (χ1n) is 12.5. The van der Waals surface area contributed by atoms with Crippen LogP contribution in [0.2, 0.25) is 0 Å². The van der Waals surface area contributed by atoms with Gasteiger partial charge in [-0.2, -0.15) is 0 Å². The molecule has 0 aliphatic rings. The summed E-state index contributed by atoms with van der Waals surface area (Å²) in [5, 5.41) is 8.05. The van der Waals surface area contributed by atoms with Crippen molar-refractivity contribution < 1.29 is 23.9 Å². The van der Waals surface area contributed by atoms with Gasteiger partial charge in [0.2, 0.25) is 11.8 Å². The molecule has 0 aliphatic carbocycles. The van der Waals surface area contributed by atoms with Crippen LogP contribution in [0.25, 0.3) is 0 Å². The number of carbonyl (C=O) groups is 4. The number of pyridine rings is 1. The molecule has 1 atom stereocenters. The van der Waals surface area contributed by atoms with E-state index in [1.165, 1.54) is 53.2 Å². The third-order valence-electron chi connectivity index (χ3n) is 6.08. The summed E-state index contributed by atoms with van der Waals surface area (Å²) < 4.78 is 7.26. The minimum absolute atomic E-state index is 0.0322. The van der Waals surface area contributed by atoms with E-state index in [1.54, 1.807) is 13.1 Å². The van der Waals surface area contributed by atoms with Gasteiger partial charge in [-0.1, -0.05) is 32.8 Å². The van der Waals surface area contributed by atoms with E-state index in [0.717, 1.165) is 12.8 Å². The number of hydrogen-bond acceptors (Lipinski definition) is 7. The number of allylic oxidation sites excluding steroid dienone is 1. The van der Waals surface area contributed by atoms with Gasteiger partial charge in [0.05, 0.1) is 19.6 Å². The second-order valence-corrected chi connectivity index (χ2v) is 8.75. The Morgan fingerprint density at radius 2 is 1.92 bits per heavy atom. The van der Waals surface area contributed by atoms with Gasteiger partial charge in [-0.05, 0) is 30.9 Å². The molecule has 2 rings (SSSR count). The lowest BCUT2D eigenvalue weighted by atomic mass is 10.0. The number of aryl methyl sites for hydroxylation is 1. The molecule has 0 spiro atoms. The van der Waals surface area contributed by atoms with Crippen molar-refractivity contribution in [2.75, 3.05) is 19.0 Å². The van der Waals surface area contributed by atoms with Crippen LogP contribution in [0.1, 0.15) is 50.0 Å². The molecule has 0 fully saturated rings. The molecule has 2 heterocycles.